The minimum absolute atomic E-state index is 0.0101. The second-order valence-electron chi connectivity index (χ2n) is 4.84. The summed E-state index contributed by atoms with van der Waals surface area (Å²) in [5.74, 6) is 0.456. The summed E-state index contributed by atoms with van der Waals surface area (Å²) in [4.78, 5) is 1.25. The Labute approximate surface area is 129 Å². The van der Waals surface area contributed by atoms with Crippen LogP contribution in [-0.4, -0.2) is 13.4 Å². The van der Waals surface area contributed by atoms with Gasteiger partial charge in [0.1, 0.15) is 11.6 Å². The first-order valence-electron chi connectivity index (χ1n) is 6.83. The molecule has 112 valence electrons. The Morgan fingerprint density at radius 2 is 1.90 bits per heavy atom. The van der Waals surface area contributed by atoms with Crippen molar-refractivity contribution in [2.24, 2.45) is 0 Å². The van der Waals surface area contributed by atoms with Gasteiger partial charge < -0.3 is 10.1 Å². The van der Waals surface area contributed by atoms with Gasteiger partial charge in [-0.2, -0.15) is 0 Å². The third-order valence-electron chi connectivity index (χ3n) is 3.43. The second-order valence-corrected chi connectivity index (χ2v) is 5.72. The lowest BCUT2D eigenvalue weighted by atomic mass is 10.1. The summed E-state index contributed by atoms with van der Waals surface area (Å²) in [6, 6.07) is 13.0. The van der Waals surface area contributed by atoms with Gasteiger partial charge in [-0.15, -0.1) is 11.8 Å². The molecule has 2 aromatic rings. The zero-order valence-electron chi connectivity index (χ0n) is 12.5. The molecule has 0 aromatic heterocycles. The number of thioether (sulfide) groups is 1. The molecule has 0 saturated carbocycles. The molecule has 0 saturated heterocycles. The minimum Gasteiger partial charge on any atom is -0.496 e. The van der Waals surface area contributed by atoms with Gasteiger partial charge in [-0.05, 0) is 49.1 Å². The molecule has 0 aliphatic carbocycles. The van der Waals surface area contributed by atoms with Crippen LogP contribution in [0.5, 0.6) is 5.75 Å². The monoisotopic (exact) mass is 305 g/mol. The van der Waals surface area contributed by atoms with Crippen LogP contribution in [0.1, 0.15) is 24.1 Å². The van der Waals surface area contributed by atoms with Crippen LogP contribution in [0.2, 0.25) is 0 Å². The lowest BCUT2D eigenvalue weighted by molar-refractivity contribution is 0.399. The van der Waals surface area contributed by atoms with E-state index in [1.165, 1.54) is 22.6 Å². The highest BCUT2D eigenvalue weighted by Crippen LogP contribution is 2.26. The average Bonchev–Trinajstić information content (AvgIpc) is 2.53. The standard InChI is InChI=1S/C17H20FNOS/c1-12(16-10-14(18)6-9-17(16)20-2)19-11-13-4-7-15(21-3)8-5-13/h4-10,12,19H,11H2,1-3H3. The first-order chi connectivity index (χ1) is 10.1. The number of benzene rings is 2. The van der Waals surface area contributed by atoms with Crippen LogP contribution < -0.4 is 10.1 Å². The number of methoxy groups -OCH3 is 1. The predicted octanol–water partition coefficient (Wildman–Crippen LogP) is 4.41. The van der Waals surface area contributed by atoms with Crippen LogP contribution in [0.4, 0.5) is 4.39 Å². The summed E-state index contributed by atoms with van der Waals surface area (Å²) in [5, 5.41) is 3.40. The molecule has 0 fully saturated rings. The van der Waals surface area contributed by atoms with E-state index in [-0.39, 0.29) is 11.9 Å². The fraction of sp³-hybridized carbons (Fsp3) is 0.294. The molecule has 0 aliphatic rings. The highest BCUT2D eigenvalue weighted by Gasteiger charge is 2.12. The van der Waals surface area contributed by atoms with Crippen molar-refractivity contribution in [2.75, 3.05) is 13.4 Å². The number of halogens is 1. The summed E-state index contributed by atoms with van der Waals surface area (Å²) < 4.78 is 18.7. The highest BCUT2D eigenvalue weighted by atomic mass is 32.2. The van der Waals surface area contributed by atoms with E-state index in [0.29, 0.717) is 5.75 Å². The van der Waals surface area contributed by atoms with E-state index in [0.717, 1.165) is 12.1 Å². The maximum Gasteiger partial charge on any atom is 0.123 e. The zero-order valence-corrected chi connectivity index (χ0v) is 13.3. The predicted molar refractivity (Wildman–Crippen MR) is 86.4 cm³/mol. The van der Waals surface area contributed by atoms with Gasteiger partial charge >= 0.3 is 0 Å². The quantitative estimate of drug-likeness (QED) is 0.799. The smallest absolute Gasteiger partial charge is 0.123 e. The molecule has 1 unspecified atom stereocenters. The summed E-state index contributed by atoms with van der Waals surface area (Å²) >= 11 is 1.73. The van der Waals surface area contributed by atoms with Gasteiger partial charge in [-0.1, -0.05) is 12.1 Å². The maximum absolute atomic E-state index is 13.4. The third-order valence-corrected chi connectivity index (χ3v) is 4.17. The van der Waals surface area contributed by atoms with Crippen molar-refractivity contribution >= 4 is 11.8 Å². The average molecular weight is 305 g/mol. The molecule has 0 amide bonds. The largest absolute Gasteiger partial charge is 0.496 e. The van der Waals surface area contributed by atoms with Crippen molar-refractivity contribution in [2.45, 2.75) is 24.4 Å². The zero-order chi connectivity index (χ0) is 15.2. The first-order valence-corrected chi connectivity index (χ1v) is 8.06. The molecule has 1 atom stereocenters. The Hall–Kier alpha value is -1.52. The third kappa shape index (κ3) is 4.22. The topological polar surface area (TPSA) is 21.3 Å². The number of hydrogen-bond acceptors (Lipinski definition) is 3. The molecule has 2 aromatic carbocycles. The van der Waals surface area contributed by atoms with Crippen LogP contribution in [-0.2, 0) is 6.54 Å². The summed E-state index contributed by atoms with van der Waals surface area (Å²) in [7, 11) is 1.60. The molecule has 2 rings (SSSR count). The van der Waals surface area contributed by atoms with Crippen molar-refractivity contribution in [1.29, 1.82) is 0 Å². The van der Waals surface area contributed by atoms with Crippen LogP contribution in [0.3, 0.4) is 0 Å². The lowest BCUT2D eigenvalue weighted by Gasteiger charge is -2.17. The fourth-order valence-corrected chi connectivity index (χ4v) is 2.58. The molecule has 0 aliphatic heterocycles. The van der Waals surface area contributed by atoms with Crippen LogP contribution in [0, 0.1) is 5.82 Å². The van der Waals surface area contributed by atoms with Crippen LogP contribution in [0.25, 0.3) is 0 Å². The van der Waals surface area contributed by atoms with E-state index in [1.807, 2.05) is 6.92 Å². The normalized spacial score (nSPS) is 12.2. The van der Waals surface area contributed by atoms with E-state index < -0.39 is 0 Å². The molecule has 1 N–H and O–H groups in total. The molecular formula is C17H20FNOS. The fourth-order valence-electron chi connectivity index (χ4n) is 2.17. The van der Waals surface area contributed by atoms with E-state index in [2.05, 4.69) is 35.8 Å². The Morgan fingerprint density at radius 3 is 2.52 bits per heavy atom. The Kier molecular flexibility index (Phi) is 5.65. The molecule has 2 nitrogen and oxygen atoms in total. The number of hydrogen-bond donors (Lipinski definition) is 1. The Bertz CT molecular complexity index is 586. The van der Waals surface area contributed by atoms with Gasteiger partial charge in [0.2, 0.25) is 0 Å². The highest BCUT2D eigenvalue weighted by molar-refractivity contribution is 7.98. The van der Waals surface area contributed by atoms with Crippen LogP contribution >= 0.6 is 11.8 Å². The molecule has 0 radical (unpaired) electrons. The van der Waals surface area contributed by atoms with Crippen molar-refractivity contribution in [3.05, 3.63) is 59.4 Å². The second kappa shape index (κ2) is 7.48. The van der Waals surface area contributed by atoms with Crippen molar-refractivity contribution in [1.82, 2.24) is 5.32 Å². The SMILES string of the molecule is COc1ccc(F)cc1C(C)NCc1ccc(SC)cc1. The summed E-state index contributed by atoms with van der Waals surface area (Å²) in [6.07, 6.45) is 2.06. The molecule has 0 heterocycles. The van der Waals surface area contributed by atoms with Crippen LogP contribution in [0.15, 0.2) is 47.4 Å². The van der Waals surface area contributed by atoms with E-state index in [4.69, 9.17) is 4.74 Å². The van der Waals surface area contributed by atoms with Crippen molar-refractivity contribution in [3.63, 3.8) is 0 Å². The van der Waals surface area contributed by atoms with E-state index in [1.54, 1.807) is 24.9 Å². The summed E-state index contributed by atoms with van der Waals surface area (Å²) in [5.41, 5.74) is 2.04. The lowest BCUT2D eigenvalue weighted by Crippen LogP contribution is -2.18. The molecular weight excluding hydrogens is 285 g/mol. The Balaban J connectivity index is 2.03. The molecule has 0 spiro atoms. The van der Waals surface area contributed by atoms with Gasteiger partial charge in [0.15, 0.2) is 0 Å². The van der Waals surface area contributed by atoms with Crippen molar-refractivity contribution in [3.8, 4) is 5.75 Å². The van der Waals surface area contributed by atoms with Crippen molar-refractivity contribution < 1.29 is 9.13 Å². The van der Waals surface area contributed by atoms with Gasteiger partial charge in [0.25, 0.3) is 0 Å². The minimum atomic E-state index is -0.247. The number of ether oxygens (including phenoxy) is 1. The van der Waals surface area contributed by atoms with E-state index >= 15 is 0 Å². The molecule has 4 heteroatoms. The molecule has 0 bridgehead atoms. The number of rotatable bonds is 6. The van der Waals surface area contributed by atoms with Gasteiger partial charge in [0, 0.05) is 23.0 Å². The summed E-state index contributed by atoms with van der Waals surface area (Å²) in [6.45, 7) is 2.74. The maximum atomic E-state index is 13.4. The first kappa shape index (κ1) is 15.9. The Morgan fingerprint density at radius 1 is 1.19 bits per heavy atom. The van der Waals surface area contributed by atoms with Gasteiger partial charge in [-0.25, -0.2) is 4.39 Å². The van der Waals surface area contributed by atoms with E-state index in [9.17, 15) is 4.39 Å². The van der Waals surface area contributed by atoms with Gasteiger partial charge in [-0.3, -0.25) is 0 Å². The molecule has 21 heavy (non-hydrogen) atoms. The van der Waals surface area contributed by atoms with Gasteiger partial charge in [0.05, 0.1) is 7.11 Å². The number of nitrogens with one attached hydrogen (secondary N) is 1.